The minimum absolute atomic E-state index is 0. The van der Waals surface area contributed by atoms with Crippen LogP contribution in [0, 0.1) is 0 Å². The number of primary amides is 1. The molecule has 0 unspecified atom stereocenters. The number of rotatable bonds is 6. The molecule has 0 heterocycles. The first-order chi connectivity index (χ1) is 4.77. The number of carbonyl (C=O) groups is 1. The normalized spacial score (nSPS) is 8.08. The van der Waals surface area contributed by atoms with Gasteiger partial charge in [0.25, 0.3) is 0 Å². The van der Waals surface area contributed by atoms with Gasteiger partial charge in [-0.3, -0.25) is 4.79 Å². The number of amides is 1. The second kappa shape index (κ2) is 14.3. The molecule has 0 spiro atoms. The Morgan fingerprint density at radius 3 is 2.17 bits per heavy atom. The zero-order chi connectivity index (χ0) is 7.82. The molecule has 0 aliphatic rings. The van der Waals surface area contributed by atoms with Crippen molar-refractivity contribution in [2.75, 3.05) is 0 Å². The second-order valence-electron chi connectivity index (χ2n) is 2.63. The SMILES string of the molecule is CCCCCCCC(N)=O.Cl.[H-].[Na+]. The third-order valence-electron chi connectivity index (χ3n) is 1.53. The van der Waals surface area contributed by atoms with Crippen LogP contribution >= 0.6 is 12.4 Å². The molecular weight excluding hydrogens is 185 g/mol. The van der Waals surface area contributed by atoms with E-state index in [0.29, 0.717) is 6.42 Å². The number of halogens is 1. The van der Waals surface area contributed by atoms with Gasteiger partial charge in [-0.1, -0.05) is 32.6 Å². The molecule has 0 aliphatic carbocycles. The van der Waals surface area contributed by atoms with E-state index in [1.54, 1.807) is 0 Å². The van der Waals surface area contributed by atoms with Gasteiger partial charge in [0.2, 0.25) is 5.91 Å². The summed E-state index contributed by atoms with van der Waals surface area (Å²) < 4.78 is 0. The quantitative estimate of drug-likeness (QED) is 0.454. The van der Waals surface area contributed by atoms with E-state index in [0.717, 1.165) is 12.8 Å². The van der Waals surface area contributed by atoms with E-state index in [1.807, 2.05) is 0 Å². The van der Waals surface area contributed by atoms with E-state index in [9.17, 15) is 4.79 Å². The molecule has 0 saturated carbocycles. The minimum Gasteiger partial charge on any atom is -1.00 e. The van der Waals surface area contributed by atoms with Gasteiger partial charge in [0.1, 0.15) is 0 Å². The Morgan fingerprint density at radius 2 is 1.75 bits per heavy atom. The molecule has 0 aromatic carbocycles. The largest absolute Gasteiger partial charge is 1.00 e. The maximum Gasteiger partial charge on any atom is 1.00 e. The first-order valence-electron chi connectivity index (χ1n) is 4.05. The molecule has 0 aromatic heterocycles. The number of nitrogens with two attached hydrogens (primary N) is 1. The Morgan fingerprint density at radius 1 is 1.25 bits per heavy atom. The van der Waals surface area contributed by atoms with Crippen LogP contribution in [0.5, 0.6) is 0 Å². The fraction of sp³-hybridized carbons (Fsp3) is 0.875. The molecule has 0 bridgehead atoms. The van der Waals surface area contributed by atoms with Crippen molar-refractivity contribution in [3.63, 3.8) is 0 Å². The van der Waals surface area contributed by atoms with E-state index in [2.05, 4.69) is 6.92 Å². The van der Waals surface area contributed by atoms with E-state index in [-0.39, 0.29) is 49.3 Å². The van der Waals surface area contributed by atoms with Gasteiger partial charge in [0.15, 0.2) is 0 Å². The molecule has 0 aromatic rings. The summed E-state index contributed by atoms with van der Waals surface area (Å²) in [6, 6.07) is 0. The Hall–Kier alpha value is 0.760. The molecule has 2 N–H and O–H groups in total. The molecule has 2 nitrogen and oxygen atoms in total. The van der Waals surface area contributed by atoms with Gasteiger partial charge in [0, 0.05) is 6.42 Å². The molecule has 70 valence electrons. The van der Waals surface area contributed by atoms with Gasteiger partial charge in [0.05, 0.1) is 0 Å². The molecular formula is C8H19ClNNaO. The van der Waals surface area contributed by atoms with Crippen molar-refractivity contribution >= 4 is 18.3 Å². The third kappa shape index (κ3) is 17.0. The van der Waals surface area contributed by atoms with Crippen LogP contribution < -0.4 is 35.3 Å². The van der Waals surface area contributed by atoms with Crippen molar-refractivity contribution in [1.82, 2.24) is 0 Å². The fourth-order valence-electron chi connectivity index (χ4n) is 0.903. The first kappa shape index (κ1) is 18.5. The van der Waals surface area contributed by atoms with Gasteiger partial charge < -0.3 is 7.16 Å². The van der Waals surface area contributed by atoms with Crippen molar-refractivity contribution in [3.05, 3.63) is 0 Å². The molecule has 0 radical (unpaired) electrons. The van der Waals surface area contributed by atoms with Crippen LogP contribution in [0.3, 0.4) is 0 Å². The Labute approximate surface area is 105 Å². The minimum atomic E-state index is -0.170. The Kier molecular flexibility index (Phi) is 22.1. The van der Waals surface area contributed by atoms with Gasteiger partial charge in [-0.05, 0) is 6.42 Å². The maximum absolute atomic E-state index is 10.3. The van der Waals surface area contributed by atoms with Crippen LogP contribution in [0.25, 0.3) is 0 Å². The van der Waals surface area contributed by atoms with E-state index in [1.165, 1.54) is 19.3 Å². The summed E-state index contributed by atoms with van der Waals surface area (Å²) in [6.45, 7) is 2.17. The summed E-state index contributed by atoms with van der Waals surface area (Å²) >= 11 is 0. The molecule has 4 heteroatoms. The summed E-state index contributed by atoms with van der Waals surface area (Å²) in [7, 11) is 0. The summed E-state index contributed by atoms with van der Waals surface area (Å²) in [4.78, 5) is 10.3. The van der Waals surface area contributed by atoms with Crippen LogP contribution in [0.1, 0.15) is 46.9 Å². The zero-order valence-corrected chi connectivity index (χ0v) is 11.0. The first-order valence-corrected chi connectivity index (χ1v) is 4.05. The van der Waals surface area contributed by atoms with Crippen molar-refractivity contribution in [1.29, 1.82) is 0 Å². The monoisotopic (exact) mass is 203 g/mol. The number of carbonyl (C=O) groups excluding carboxylic acids is 1. The fourth-order valence-corrected chi connectivity index (χ4v) is 0.903. The topological polar surface area (TPSA) is 43.1 Å². The van der Waals surface area contributed by atoms with Crippen LogP contribution in [0.2, 0.25) is 0 Å². The van der Waals surface area contributed by atoms with Crippen molar-refractivity contribution in [2.24, 2.45) is 5.73 Å². The molecule has 0 rings (SSSR count). The van der Waals surface area contributed by atoms with Gasteiger partial charge in [-0.2, -0.15) is 0 Å². The predicted molar refractivity (Wildman–Crippen MR) is 50.9 cm³/mol. The van der Waals surface area contributed by atoms with E-state index < -0.39 is 0 Å². The molecule has 0 fully saturated rings. The summed E-state index contributed by atoms with van der Waals surface area (Å²) in [6.07, 6.45) is 6.44. The zero-order valence-electron chi connectivity index (χ0n) is 9.14. The van der Waals surface area contributed by atoms with Gasteiger partial charge in [-0.15, -0.1) is 12.4 Å². The molecule has 0 atom stereocenters. The average Bonchev–Trinajstić information content (AvgIpc) is 1.87. The molecule has 1 amide bonds. The smallest absolute Gasteiger partial charge is 1.00 e. The summed E-state index contributed by atoms with van der Waals surface area (Å²) in [5, 5.41) is 0. The van der Waals surface area contributed by atoms with Crippen molar-refractivity contribution in [2.45, 2.75) is 45.4 Å². The van der Waals surface area contributed by atoms with Crippen LogP contribution in [-0.4, -0.2) is 5.91 Å². The second-order valence-corrected chi connectivity index (χ2v) is 2.63. The number of unbranched alkanes of at least 4 members (excludes halogenated alkanes) is 4. The van der Waals surface area contributed by atoms with Crippen molar-refractivity contribution in [3.8, 4) is 0 Å². The standard InChI is InChI=1S/C8H17NO.ClH.Na.H/c1-2-3-4-5-6-7-8(9)10;;;/h2-7H2,1H3,(H2,9,10);1H;;/q;;+1;-1. The molecule has 0 aliphatic heterocycles. The van der Waals surface area contributed by atoms with E-state index >= 15 is 0 Å². The third-order valence-corrected chi connectivity index (χ3v) is 1.53. The molecule has 12 heavy (non-hydrogen) atoms. The Bertz CT molecular complexity index is 106. The van der Waals surface area contributed by atoms with Crippen LogP contribution in [0.4, 0.5) is 0 Å². The maximum atomic E-state index is 10.3. The predicted octanol–water partition coefficient (Wildman–Crippen LogP) is -0.629. The average molecular weight is 204 g/mol. The van der Waals surface area contributed by atoms with Crippen molar-refractivity contribution < 1.29 is 35.8 Å². The number of hydrogen-bond donors (Lipinski definition) is 1. The van der Waals surface area contributed by atoms with Crippen LogP contribution in [-0.2, 0) is 4.79 Å². The van der Waals surface area contributed by atoms with Gasteiger partial charge in [-0.25, -0.2) is 0 Å². The Balaban J connectivity index is -0.000000135. The summed E-state index contributed by atoms with van der Waals surface area (Å²) in [5.41, 5.74) is 4.97. The molecule has 0 saturated heterocycles. The van der Waals surface area contributed by atoms with E-state index in [4.69, 9.17) is 5.73 Å². The number of hydrogen-bond acceptors (Lipinski definition) is 1. The van der Waals surface area contributed by atoms with Crippen LogP contribution in [0.15, 0.2) is 0 Å². The van der Waals surface area contributed by atoms with Gasteiger partial charge >= 0.3 is 29.6 Å². The summed E-state index contributed by atoms with van der Waals surface area (Å²) in [5.74, 6) is -0.170.